The molecule has 0 bridgehead atoms. The van der Waals surface area contributed by atoms with Gasteiger partial charge in [-0.25, -0.2) is 4.39 Å². The van der Waals surface area contributed by atoms with Gasteiger partial charge in [0.15, 0.2) is 0 Å². The standard InChI is InChI=1S/C14H16FN3O3/c1-9-2-3-10(8-11(9)15)14-17-13(21-18-14)5-4-12(20)16-6-7-19/h2-3,8,19H,4-7H2,1H3,(H,16,20). The average molecular weight is 293 g/mol. The average Bonchev–Trinajstić information content (AvgIpc) is 2.94. The zero-order valence-corrected chi connectivity index (χ0v) is 11.6. The number of aliphatic hydroxyl groups is 1. The van der Waals surface area contributed by atoms with E-state index >= 15 is 0 Å². The van der Waals surface area contributed by atoms with Gasteiger partial charge in [0.25, 0.3) is 0 Å². The van der Waals surface area contributed by atoms with Crippen molar-refractivity contribution < 1.29 is 18.8 Å². The van der Waals surface area contributed by atoms with Crippen LogP contribution in [0.4, 0.5) is 4.39 Å². The minimum absolute atomic E-state index is 0.102. The van der Waals surface area contributed by atoms with Gasteiger partial charge in [-0.1, -0.05) is 17.3 Å². The zero-order chi connectivity index (χ0) is 15.2. The summed E-state index contributed by atoms with van der Waals surface area (Å²) >= 11 is 0. The lowest BCUT2D eigenvalue weighted by Crippen LogP contribution is -2.26. The van der Waals surface area contributed by atoms with Gasteiger partial charge < -0.3 is 14.9 Å². The number of hydrogen-bond acceptors (Lipinski definition) is 5. The molecular weight excluding hydrogens is 277 g/mol. The third-order valence-corrected chi connectivity index (χ3v) is 2.90. The summed E-state index contributed by atoms with van der Waals surface area (Å²) in [5.41, 5.74) is 1.07. The Balaban J connectivity index is 1.98. The Morgan fingerprint density at radius 3 is 3.00 bits per heavy atom. The summed E-state index contributed by atoms with van der Waals surface area (Å²) < 4.78 is 18.5. The number of carbonyl (C=O) groups excluding carboxylic acids is 1. The van der Waals surface area contributed by atoms with E-state index in [1.54, 1.807) is 19.1 Å². The molecule has 2 N–H and O–H groups in total. The fraction of sp³-hybridized carbons (Fsp3) is 0.357. The number of amides is 1. The predicted octanol–water partition coefficient (Wildman–Crippen LogP) is 1.23. The van der Waals surface area contributed by atoms with E-state index in [0.29, 0.717) is 29.3 Å². The number of rotatable bonds is 6. The molecule has 21 heavy (non-hydrogen) atoms. The number of carbonyl (C=O) groups is 1. The van der Waals surface area contributed by atoms with Crippen molar-refractivity contribution in [1.29, 1.82) is 0 Å². The van der Waals surface area contributed by atoms with Crippen molar-refractivity contribution in [2.75, 3.05) is 13.2 Å². The fourth-order valence-electron chi connectivity index (χ4n) is 1.71. The zero-order valence-electron chi connectivity index (χ0n) is 11.6. The van der Waals surface area contributed by atoms with Crippen LogP contribution in [-0.4, -0.2) is 34.3 Å². The van der Waals surface area contributed by atoms with E-state index < -0.39 is 0 Å². The van der Waals surface area contributed by atoms with E-state index in [-0.39, 0.29) is 31.3 Å². The summed E-state index contributed by atoms with van der Waals surface area (Å²) in [4.78, 5) is 15.5. The van der Waals surface area contributed by atoms with Gasteiger partial charge in [-0.2, -0.15) is 4.98 Å². The molecule has 6 nitrogen and oxygen atoms in total. The molecule has 1 aromatic heterocycles. The Morgan fingerprint density at radius 1 is 1.48 bits per heavy atom. The van der Waals surface area contributed by atoms with Gasteiger partial charge >= 0.3 is 0 Å². The SMILES string of the molecule is Cc1ccc(-c2noc(CCC(=O)NCCO)n2)cc1F. The summed E-state index contributed by atoms with van der Waals surface area (Å²) in [6, 6.07) is 4.70. The molecule has 0 saturated carbocycles. The highest BCUT2D eigenvalue weighted by Gasteiger charge is 2.11. The largest absolute Gasteiger partial charge is 0.395 e. The monoisotopic (exact) mass is 293 g/mol. The van der Waals surface area contributed by atoms with E-state index in [1.807, 2.05) is 0 Å². The van der Waals surface area contributed by atoms with Gasteiger partial charge in [0.1, 0.15) is 5.82 Å². The number of aryl methyl sites for hydroxylation is 2. The van der Waals surface area contributed by atoms with Crippen molar-refractivity contribution in [3.05, 3.63) is 35.5 Å². The van der Waals surface area contributed by atoms with Gasteiger partial charge in [-0.3, -0.25) is 4.79 Å². The molecule has 0 aliphatic heterocycles. The molecular formula is C14H16FN3O3. The van der Waals surface area contributed by atoms with Crippen molar-refractivity contribution in [1.82, 2.24) is 15.5 Å². The highest BCUT2D eigenvalue weighted by molar-refractivity contribution is 5.76. The van der Waals surface area contributed by atoms with Crippen LogP contribution in [0, 0.1) is 12.7 Å². The second kappa shape index (κ2) is 6.94. The maximum atomic E-state index is 13.5. The molecule has 2 rings (SSSR count). The Labute approximate surface area is 121 Å². The third-order valence-electron chi connectivity index (χ3n) is 2.90. The van der Waals surface area contributed by atoms with Crippen LogP contribution in [0.1, 0.15) is 17.9 Å². The molecule has 7 heteroatoms. The van der Waals surface area contributed by atoms with Crippen LogP contribution in [-0.2, 0) is 11.2 Å². The Hall–Kier alpha value is -2.28. The van der Waals surface area contributed by atoms with Crippen LogP contribution in [0.3, 0.4) is 0 Å². The van der Waals surface area contributed by atoms with Crippen LogP contribution in [0.5, 0.6) is 0 Å². The maximum absolute atomic E-state index is 13.5. The fourth-order valence-corrected chi connectivity index (χ4v) is 1.71. The molecule has 1 heterocycles. The molecule has 0 fully saturated rings. The molecule has 0 unspecified atom stereocenters. The Morgan fingerprint density at radius 2 is 2.29 bits per heavy atom. The molecule has 0 aliphatic rings. The topological polar surface area (TPSA) is 88.2 Å². The molecule has 1 aromatic carbocycles. The molecule has 112 valence electrons. The molecule has 0 aliphatic carbocycles. The molecule has 2 aromatic rings. The highest BCUT2D eigenvalue weighted by atomic mass is 19.1. The molecule has 0 atom stereocenters. The number of benzene rings is 1. The van der Waals surface area contributed by atoms with Crippen molar-refractivity contribution >= 4 is 5.91 Å². The number of halogens is 1. The van der Waals surface area contributed by atoms with Crippen LogP contribution >= 0.6 is 0 Å². The second-order valence-electron chi connectivity index (χ2n) is 4.55. The number of nitrogens with one attached hydrogen (secondary N) is 1. The van der Waals surface area contributed by atoms with Crippen molar-refractivity contribution in [3.8, 4) is 11.4 Å². The van der Waals surface area contributed by atoms with Crippen molar-refractivity contribution in [2.24, 2.45) is 0 Å². The summed E-state index contributed by atoms with van der Waals surface area (Å²) in [6.07, 6.45) is 0.475. The lowest BCUT2D eigenvalue weighted by molar-refractivity contribution is -0.121. The van der Waals surface area contributed by atoms with E-state index in [0.717, 1.165) is 0 Å². The van der Waals surface area contributed by atoms with Gasteiger partial charge in [0.2, 0.25) is 17.6 Å². The Kier molecular flexibility index (Phi) is 4.99. The maximum Gasteiger partial charge on any atom is 0.227 e. The smallest absolute Gasteiger partial charge is 0.227 e. The minimum Gasteiger partial charge on any atom is -0.395 e. The summed E-state index contributed by atoms with van der Waals surface area (Å²) in [5, 5.41) is 14.9. The van der Waals surface area contributed by atoms with Gasteiger partial charge in [0, 0.05) is 24.9 Å². The van der Waals surface area contributed by atoms with Crippen molar-refractivity contribution in [3.63, 3.8) is 0 Å². The summed E-state index contributed by atoms with van der Waals surface area (Å²) in [6.45, 7) is 1.79. The molecule has 0 radical (unpaired) electrons. The number of hydrogen-bond donors (Lipinski definition) is 2. The van der Waals surface area contributed by atoms with Crippen LogP contribution in [0.15, 0.2) is 22.7 Å². The van der Waals surface area contributed by atoms with E-state index in [2.05, 4.69) is 15.5 Å². The molecule has 0 spiro atoms. The first-order chi connectivity index (χ1) is 10.1. The first-order valence-corrected chi connectivity index (χ1v) is 6.57. The first-order valence-electron chi connectivity index (χ1n) is 6.57. The summed E-state index contributed by atoms with van der Waals surface area (Å²) in [5.74, 6) is 0.0669. The first kappa shape index (κ1) is 15.1. The van der Waals surface area contributed by atoms with E-state index in [1.165, 1.54) is 6.07 Å². The van der Waals surface area contributed by atoms with Crippen molar-refractivity contribution in [2.45, 2.75) is 19.8 Å². The second-order valence-corrected chi connectivity index (χ2v) is 4.55. The van der Waals surface area contributed by atoms with Crippen LogP contribution < -0.4 is 5.32 Å². The summed E-state index contributed by atoms with van der Waals surface area (Å²) in [7, 11) is 0. The van der Waals surface area contributed by atoms with Crippen LogP contribution in [0.2, 0.25) is 0 Å². The lowest BCUT2D eigenvalue weighted by atomic mass is 10.1. The highest BCUT2D eigenvalue weighted by Crippen LogP contribution is 2.19. The predicted molar refractivity (Wildman–Crippen MR) is 72.8 cm³/mol. The quantitative estimate of drug-likeness (QED) is 0.836. The number of aromatic nitrogens is 2. The lowest BCUT2D eigenvalue weighted by Gasteiger charge is -2.00. The number of aliphatic hydroxyl groups excluding tert-OH is 1. The third kappa shape index (κ3) is 4.09. The molecule has 1 amide bonds. The van der Waals surface area contributed by atoms with Gasteiger partial charge in [-0.05, 0) is 18.6 Å². The van der Waals surface area contributed by atoms with Gasteiger partial charge in [0.05, 0.1) is 6.61 Å². The van der Waals surface area contributed by atoms with Crippen LogP contribution in [0.25, 0.3) is 11.4 Å². The number of nitrogens with zero attached hydrogens (tertiary/aromatic N) is 2. The minimum atomic E-state index is -0.331. The van der Waals surface area contributed by atoms with E-state index in [9.17, 15) is 9.18 Å². The Bertz CT molecular complexity index is 628. The van der Waals surface area contributed by atoms with E-state index in [4.69, 9.17) is 9.63 Å². The molecule has 0 saturated heterocycles. The van der Waals surface area contributed by atoms with Gasteiger partial charge in [-0.15, -0.1) is 0 Å². The normalized spacial score (nSPS) is 10.6.